The highest BCUT2D eigenvalue weighted by molar-refractivity contribution is 7.17. The zero-order valence-electron chi connectivity index (χ0n) is 14.6. The molecular formula is C20H15F2N3OS. The van der Waals surface area contributed by atoms with Crippen LogP contribution in [0.25, 0.3) is 21.3 Å². The minimum absolute atomic E-state index is 0.155. The standard InChI is InChI=1S/C20H15F2N3OS/c1-11-23-19(25-17-8-5-13(21)9-16(17)22)18-15(10-27-20(18)24-11)12-3-6-14(26-2)7-4-12/h3-10H,1-2H3,(H,23,24,25). The minimum Gasteiger partial charge on any atom is -0.497 e. The number of hydrogen-bond acceptors (Lipinski definition) is 5. The summed E-state index contributed by atoms with van der Waals surface area (Å²) in [4.78, 5) is 9.73. The van der Waals surface area contributed by atoms with Gasteiger partial charge < -0.3 is 10.1 Å². The summed E-state index contributed by atoms with van der Waals surface area (Å²) in [5.74, 6) is 0.500. The van der Waals surface area contributed by atoms with Gasteiger partial charge in [-0.05, 0) is 36.8 Å². The van der Waals surface area contributed by atoms with Gasteiger partial charge in [0, 0.05) is 17.0 Å². The highest BCUT2D eigenvalue weighted by Crippen LogP contribution is 2.38. The molecule has 1 N–H and O–H groups in total. The fourth-order valence-corrected chi connectivity index (χ4v) is 3.83. The van der Waals surface area contributed by atoms with Gasteiger partial charge in [-0.25, -0.2) is 18.7 Å². The number of ether oxygens (including phenoxy) is 1. The maximum atomic E-state index is 14.1. The van der Waals surface area contributed by atoms with Gasteiger partial charge in [-0.2, -0.15) is 0 Å². The Kier molecular flexibility index (Phi) is 4.45. The van der Waals surface area contributed by atoms with Gasteiger partial charge in [0.15, 0.2) is 0 Å². The van der Waals surface area contributed by atoms with E-state index in [1.165, 1.54) is 23.5 Å². The number of thiophene rings is 1. The van der Waals surface area contributed by atoms with Crippen molar-refractivity contribution in [3.05, 3.63) is 65.3 Å². The third-order valence-corrected chi connectivity index (χ3v) is 5.00. The molecule has 4 nitrogen and oxygen atoms in total. The molecule has 2 heterocycles. The number of fused-ring (bicyclic) bond motifs is 1. The van der Waals surface area contributed by atoms with E-state index in [4.69, 9.17) is 4.74 Å². The van der Waals surface area contributed by atoms with Crippen molar-refractivity contribution in [1.29, 1.82) is 0 Å². The van der Waals surface area contributed by atoms with Crippen molar-refractivity contribution in [2.45, 2.75) is 6.92 Å². The van der Waals surface area contributed by atoms with E-state index in [2.05, 4.69) is 15.3 Å². The number of hydrogen-bond donors (Lipinski definition) is 1. The van der Waals surface area contributed by atoms with Crippen LogP contribution in [0.3, 0.4) is 0 Å². The smallest absolute Gasteiger partial charge is 0.149 e. The van der Waals surface area contributed by atoms with Gasteiger partial charge >= 0.3 is 0 Å². The topological polar surface area (TPSA) is 47.0 Å². The van der Waals surface area contributed by atoms with Crippen molar-refractivity contribution in [1.82, 2.24) is 9.97 Å². The Hall–Kier alpha value is -3.06. The number of aromatic nitrogens is 2. The molecule has 0 aliphatic rings. The Morgan fingerprint density at radius 3 is 2.52 bits per heavy atom. The molecule has 0 saturated heterocycles. The quantitative estimate of drug-likeness (QED) is 0.491. The van der Waals surface area contributed by atoms with Crippen LogP contribution in [-0.4, -0.2) is 17.1 Å². The van der Waals surface area contributed by atoms with Crippen molar-refractivity contribution < 1.29 is 13.5 Å². The molecular weight excluding hydrogens is 368 g/mol. The van der Waals surface area contributed by atoms with Crippen LogP contribution in [0, 0.1) is 18.6 Å². The number of nitrogens with zero attached hydrogens (tertiary/aromatic N) is 2. The predicted octanol–water partition coefficient (Wildman–Crippen LogP) is 5.70. The lowest BCUT2D eigenvalue weighted by atomic mass is 10.1. The number of benzene rings is 2. The number of halogens is 2. The number of nitrogens with one attached hydrogen (secondary N) is 1. The van der Waals surface area contributed by atoms with Crippen molar-refractivity contribution in [2.75, 3.05) is 12.4 Å². The van der Waals surface area contributed by atoms with Gasteiger partial charge in [-0.3, -0.25) is 0 Å². The summed E-state index contributed by atoms with van der Waals surface area (Å²) in [6.45, 7) is 1.78. The van der Waals surface area contributed by atoms with E-state index in [0.717, 1.165) is 33.2 Å². The van der Waals surface area contributed by atoms with Crippen LogP contribution >= 0.6 is 11.3 Å². The summed E-state index contributed by atoms with van der Waals surface area (Å²) in [7, 11) is 1.62. The van der Waals surface area contributed by atoms with E-state index < -0.39 is 11.6 Å². The molecule has 4 aromatic rings. The molecule has 2 aromatic carbocycles. The Morgan fingerprint density at radius 1 is 1.04 bits per heavy atom. The monoisotopic (exact) mass is 383 g/mol. The van der Waals surface area contributed by atoms with E-state index in [1.54, 1.807) is 14.0 Å². The van der Waals surface area contributed by atoms with Crippen LogP contribution in [0.1, 0.15) is 5.82 Å². The summed E-state index contributed by atoms with van der Waals surface area (Å²) >= 11 is 1.49. The second kappa shape index (κ2) is 6.92. The second-order valence-corrected chi connectivity index (χ2v) is 6.78. The lowest BCUT2D eigenvalue weighted by Crippen LogP contribution is -2.00. The molecule has 0 amide bonds. The fraction of sp³-hybridized carbons (Fsp3) is 0.100. The first-order chi connectivity index (χ1) is 13.0. The highest BCUT2D eigenvalue weighted by atomic mass is 32.1. The SMILES string of the molecule is COc1ccc(-c2csc3nc(C)nc(Nc4ccc(F)cc4F)c23)cc1. The third kappa shape index (κ3) is 3.33. The molecule has 4 rings (SSSR count). The summed E-state index contributed by atoms with van der Waals surface area (Å²) in [5.41, 5.74) is 2.06. The second-order valence-electron chi connectivity index (χ2n) is 5.93. The summed E-state index contributed by atoms with van der Waals surface area (Å²) in [5, 5.41) is 5.78. The van der Waals surface area contributed by atoms with Crippen LogP contribution in [0.5, 0.6) is 5.75 Å². The Bertz CT molecular complexity index is 1130. The van der Waals surface area contributed by atoms with Crippen molar-refractivity contribution in [3.63, 3.8) is 0 Å². The number of aryl methyl sites for hydroxylation is 1. The maximum Gasteiger partial charge on any atom is 0.149 e. The molecule has 136 valence electrons. The molecule has 0 aliphatic carbocycles. The summed E-state index contributed by atoms with van der Waals surface area (Å²) in [6, 6.07) is 11.0. The van der Waals surface area contributed by atoms with Gasteiger partial charge in [0.1, 0.15) is 33.9 Å². The molecule has 0 bridgehead atoms. The maximum absolute atomic E-state index is 14.1. The number of rotatable bonds is 4. The zero-order chi connectivity index (χ0) is 19.0. The molecule has 0 saturated carbocycles. The van der Waals surface area contributed by atoms with Gasteiger partial charge in [0.05, 0.1) is 18.2 Å². The first-order valence-electron chi connectivity index (χ1n) is 8.17. The molecule has 0 aliphatic heterocycles. The molecule has 0 atom stereocenters. The Morgan fingerprint density at radius 2 is 1.81 bits per heavy atom. The lowest BCUT2D eigenvalue weighted by molar-refractivity contribution is 0.415. The number of methoxy groups -OCH3 is 1. The summed E-state index contributed by atoms with van der Waals surface area (Å²) < 4.78 is 32.5. The van der Waals surface area contributed by atoms with Crippen LogP contribution in [-0.2, 0) is 0 Å². The van der Waals surface area contributed by atoms with Gasteiger partial charge in [0.2, 0.25) is 0 Å². The van der Waals surface area contributed by atoms with E-state index in [-0.39, 0.29) is 5.69 Å². The Balaban J connectivity index is 1.85. The van der Waals surface area contributed by atoms with E-state index >= 15 is 0 Å². The van der Waals surface area contributed by atoms with Gasteiger partial charge in [-0.1, -0.05) is 12.1 Å². The fourth-order valence-electron chi connectivity index (χ4n) is 2.84. The van der Waals surface area contributed by atoms with E-state index in [1.807, 2.05) is 29.6 Å². The first kappa shape index (κ1) is 17.4. The van der Waals surface area contributed by atoms with Crippen LogP contribution < -0.4 is 10.1 Å². The minimum atomic E-state index is -0.680. The average Bonchev–Trinajstić information content (AvgIpc) is 3.08. The van der Waals surface area contributed by atoms with Gasteiger partial charge in [-0.15, -0.1) is 11.3 Å². The van der Waals surface area contributed by atoms with Crippen LogP contribution in [0.2, 0.25) is 0 Å². The molecule has 0 fully saturated rings. The van der Waals surface area contributed by atoms with Crippen LogP contribution in [0.4, 0.5) is 20.3 Å². The zero-order valence-corrected chi connectivity index (χ0v) is 15.4. The van der Waals surface area contributed by atoms with Crippen molar-refractivity contribution in [3.8, 4) is 16.9 Å². The molecule has 27 heavy (non-hydrogen) atoms. The highest BCUT2D eigenvalue weighted by Gasteiger charge is 2.16. The van der Waals surface area contributed by atoms with Crippen LogP contribution in [0.15, 0.2) is 47.8 Å². The molecule has 2 aromatic heterocycles. The molecule has 0 unspecified atom stereocenters. The largest absolute Gasteiger partial charge is 0.497 e. The van der Waals surface area contributed by atoms with Gasteiger partial charge in [0.25, 0.3) is 0 Å². The first-order valence-corrected chi connectivity index (χ1v) is 9.05. The number of anilines is 2. The molecule has 0 spiro atoms. The molecule has 7 heteroatoms. The Labute approximate surface area is 158 Å². The average molecular weight is 383 g/mol. The third-order valence-electron chi connectivity index (χ3n) is 4.13. The van der Waals surface area contributed by atoms with Crippen molar-refractivity contribution >= 4 is 33.1 Å². The van der Waals surface area contributed by atoms with E-state index in [0.29, 0.717) is 11.6 Å². The normalized spacial score (nSPS) is 11.0. The summed E-state index contributed by atoms with van der Waals surface area (Å²) in [6.07, 6.45) is 0. The predicted molar refractivity (Wildman–Crippen MR) is 104 cm³/mol. The lowest BCUT2D eigenvalue weighted by Gasteiger charge is -2.11. The molecule has 0 radical (unpaired) electrons. The van der Waals surface area contributed by atoms with Crippen molar-refractivity contribution in [2.24, 2.45) is 0 Å². The van der Waals surface area contributed by atoms with E-state index in [9.17, 15) is 8.78 Å².